The van der Waals surface area contributed by atoms with Crippen molar-refractivity contribution in [1.29, 1.82) is 0 Å². The number of furan rings is 1. The highest BCUT2D eigenvalue weighted by atomic mass is 16.3. The molecule has 16 heavy (non-hydrogen) atoms. The van der Waals surface area contributed by atoms with Crippen LogP contribution in [-0.4, -0.2) is 24.4 Å². The topological polar surface area (TPSA) is 59.5 Å². The maximum atomic E-state index is 10.8. The summed E-state index contributed by atoms with van der Waals surface area (Å²) >= 11 is 0. The number of para-hydroxylation sites is 1. The second-order valence-electron chi connectivity index (χ2n) is 3.90. The maximum absolute atomic E-state index is 10.8. The van der Waals surface area contributed by atoms with E-state index in [-0.39, 0.29) is 12.5 Å². The molecule has 2 rings (SSSR count). The van der Waals surface area contributed by atoms with Gasteiger partial charge in [-0.2, -0.15) is 0 Å². The number of hydrogen-bond donors (Lipinski definition) is 1. The second-order valence-corrected chi connectivity index (χ2v) is 3.90. The first-order valence-electron chi connectivity index (χ1n) is 5.09. The molecule has 4 nitrogen and oxygen atoms in total. The predicted octanol–water partition coefficient (Wildman–Crippen LogP) is 1.35. The van der Waals surface area contributed by atoms with Crippen LogP contribution >= 0.6 is 0 Å². The van der Waals surface area contributed by atoms with E-state index in [2.05, 4.69) is 0 Å². The average molecular weight is 218 g/mol. The van der Waals surface area contributed by atoms with Gasteiger partial charge in [0.25, 0.3) is 0 Å². The Hall–Kier alpha value is -1.81. The fraction of sp³-hybridized carbons (Fsp3) is 0.250. The Kier molecular flexibility index (Phi) is 2.92. The molecule has 0 unspecified atom stereocenters. The van der Waals surface area contributed by atoms with E-state index < -0.39 is 0 Å². The van der Waals surface area contributed by atoms with E-state index in [0.29, 0.717) is 6.54 Å². The van der Waals surface area contributed by atoms with Crippen molar-refractivity contribution in [3.63, 3.8) is 0 Å². The fourth-order valence-corrected chi connectivity index (χ4v) is 1.77. The van der Waals surface area contributed by atoms with Crippen molar-refractivity contribution in [3.8, 4) is 0 Å². The molecular weight excluding hydrogens is 204 g/mol. The van der Waals surface area contributed by atoms with Crippen LogP contribution in [0.4, 0.5) is 0 Å². The number of likely N-dealkylation sites (N-methyl/N-ethyl adjacent to an activating group) is 1. The van der Waals surface area contributed by atoms with E-state index in [4.69, 9.17) is 10.2 Å². The first-order chi connectivity index (χ1) is 7.66. The second kappa shape index (κ2) is 4.37. The Balaban J connectivity index is 2.18. The molecule has 1 heterocycles. The maximum Gasteiger partial charge on any atom is 0.231 e. The van der Waals surface area contributed by atoms with Gasteiger partial charge in [0.15, 0.2) is 0 Å². The zero-order valence-corrected chi connectivity index (χ0v) is 9.14. The molecule has 0 atom stereocenters. The zero-order valence-electron chi connectivity index (χ0n) is 9.14. The summed E-state index contributed by atoms with van der Waals surface area (Å²) in [7, 11) is 1.85. The standard InChI is InChI=1S/C12H14N2O2/c1-14(7-12(13)15)6-9-8-16-11-5-3-2-4-10(9)11/h2-5,8H,6-7H2,1H3,(H2,13,15). The van der Waals surface area contributed by atoms with Crippen molar-refractivity contribution < 1.29 is 9.21 Å². The van der Waals surface area contributed by atoms with Crippen LogP contribution < -0.4 is 5.73 Å². The zero-order chi connectivity index (χ0) is 11.5. The molecular formula is C12H14N2O2. The number of rotatable bonds is 4. The Morgan fingerprint density at radius 3 is 2.94 bits per heavy atom. The largest absolute Gasteiger partial charge is 0.464 e. The highest BCUT2D eigenvalue weighted by Gasteiger charge is 2.08. The van der Waals surface area contributed by atoms with Crippen LogP contribution in [0.15, 0.2) is 34.9 Å². The molecule has 1 amide bonds. The van der Waals surface area contributed by atoms with Crippen LogP contribution in [0.25, 0.3) is 11.0 Å². The Morgan fingerprint density at radius 2 is 2.19 bits per heavy atom. The monoisotopic (exact) mass is 218 g/mol. The van der Waals surface area contributed by atoms with E-state index in [1.807, 2.05) is 36.2 Å². The van der Waals surface area contributed by atoms with Gasteiger partial charge in [-0.05, 0) is 13.1 Å². The molecule has 0 saturated heterocycles. The number of hydrogen-bond acceptors (Lipinski definition) is 3. The van der Waals surface area contributed by atoms with Gasteiger partial charge in [-0.3, -0.25) is 9.69 Å². The Labute approximate surface area is 93.6 Å². The Bertz CT molecular complexity index is 504. The molecule has 4 heteroatoms. The van der Waals surface area contributed by atoms with Crippen LogP contribution in [0.3, 0.4) is 0 Å². The van der Waals surface area contributed by atoms with Gasteiger partial charge in [-0.15, -0.1) is 0 Å². The lowest BCUT2D eigenvalue weighted by molar-refractivity contribution is -0.118. The van der Waals surface area contributed by atoms with Crippen LogP contribution in [0.1, 0.15) is 5.56 Å². The fourth-order valence-electron chi connectivity index (χ4n) is 1.77. The number of carbonyl (C=O) groups excluding carboxylic acids is 1. The molecule has 0 aliphatic carbocycles. The van der Waals surface area contributed by atoms with E-state index in [1.165, 1.54) is 0 Å². The third kappa shape index (κ3) is 2.23. The van der Waals surface area contributed by atoms with Gasteiger partial charge in [0.1, 0.15) is 5.58 Å². The van der Waals surface area contributed by atoms with E-state index in [9.17, 15) is 4.79 Å². The Morgan fingerprint density at radius 1 is 1.44 bits per heavy atom. The van der Waals surface area contributed by atoms with Gasteiger partial charge in [0.05, 0.1) is 12.8 Å². The minimum atomic E-state index is -0.324. The lowest BCUT2D eigenvalue weighted by atomic mass is 10.2. The molecule has 2 aromatic rings. The summed E-state index contributed by atoms with van der Waals surface area (Å²) in [6.07, 6.45) is 1.72. The highest BCUT2D eigenvalue weighted by molar-refractivity contribution is 5.81. The van der Waals surface area contributed by atoms with Crippen LogP contribution in [0.5, 0.6) is 0 Å². The number of nitrogens with two attached hydrogens (primary N) is 1. The third-order valence-corrected chi connectivity index (χ3v) is 2.43. The summed E-state index contributed by atoms with van der Waals surface area (Å²) in [5.41, 5.74) is 7.07. The summed E-state index contributed by atoms with van der Waals surface area (Å²) in [5, 5.41) is 1.08. The highest BCUT2D eigenvalue weighted by Crippen LogP contribution is 2.21. The number of fused-ring (bicyclic) bond motifs is 1. The molecule has 0 fully saturated rings. The van der Waals surface area contributed by atoms with Gasteiger partial charge in [0, 0.05) is 17.5 Å². The van der Waals surface area contributed by atoms with Gasteiger partial charge < -0.3 is 10.2 Å². The molecule has 1 aromatic heterocycles. The first-order valence-corrected chi connectivity index (χ1v) is 5.09. The first kappa shape index (κ1) is 10.7. The molecule has 1 aromatic carbocycles. The number of benzene rings is 1. The number of nitrogens with zero attached hydrogens (tertiary/aromatic N) is 1. The molecule has 0 aliphatic rings. The van der Waals surface area contributed by atoms with Crippen LogP contribution in [0, 0.1) is 0 Å². The van der Waals surface area contributed by atoms with Crippen molar-refractivity contribution in [3.05, 3.63) is 36.1 Å². The van der Waals surface area contributed by atoms with Crippen LogP contribution in [-0.2, 0) is 11.3 Å². The molecule has 0 aliphatic heterocycles. The van der Waals surface area contributed by atoms with Crippen molar-refractivity contribution in [1.82, 2.24) is 4.90 Å². The number of carbonyl (C=O) groups is 1. The smallest absolute Gasteiger partial charge is 0.231 e. The predicted molar refractivity (Wildman–Crippen MR) is 61.7 cm³/mol. The number of amides is 1. The molecule has 0 spiro atoms. The third-order valence-electron chi connectivity index (χ3n) is 2.43. The normalized spacial score (nSPS) is 11.1. The van der Waals surface area contributed by atoms with E-state index in [1.54, 1.807) is 6.26 Å². The minimum Gasteiger partial charge on any atom is -0.464 e. The van der Waals surface area contributed by atoms with Crippen molar-refractivity contribution >= 4 is 16.9 Å². The molecule has 2 N–H and O–H groups in total. The summed E-state index contributed by atoms with van der Waals surface area (Å²) in [6.45, 7) is 0.902. The van der Waals surface area contributed by atoms with Crippen LogP contribution in [0.2, 0.25) is 0 Å². The lowest BCUT2D eigenvalue weighted by Crippen LogP contribution is -2.30. The lowest BCUT2D eigenvalue weighted by Gasteiger charge is -2.12. The molecule has 0 saturated carbocycles. The average Bonchev–Trinajstić information content (AvgIpc) is 2.61. The quantitative estimate of drug-likeness (QED) is 0.842. The van der Waals surface area contributed by atoms with Gasteiger partial charge >= 0.3 is 0 Å². The minimum absolute atomic E-state index is 0.250. The van der Waals surface area contributed by atoms with Gasteiger partial charge in [0.2, 0.25) is 5.91 Å². The number of primary amides is 1. The van der Waals surface area contributed by atoms with Gasteiger partial charge in [-0.1, -0.05) is 18.2 Å². The molecule has 84 valence electrons. The SMILES string of the molecule is CN(CC(N)=O)Cc1coc2ccccc12. The van der Waals surface area contributed by atoms with Crippen molar-refractivity contribution in [2.45, 2.75) is 6.54 Å². The summed E-state index contributed by atoms with van der Waals surface area (Å²) in [6, 6.07) is 7.83. The summed E-state index contributed by atoms with van der Waals surface area (Å²) < 4.78 is 5.41. The summed E-state index contributed by atoms with van der Waals surface area (Å²) in [5.74, 6) is -0.324. The molecule has 0 radical (unpaired) electrons. The van der Waals surface area contributed by atoms with E-state index >= 15 is 0 Å². The molecule has 0 bridgehead atoms. The van der Waals surface area contributed by atoms with Crippen molar-refractivity contribution in [2.75, 3.05) is 13.6 Å². The van der Waals surface area contributed by atoms with Gasteiger partial charge in [-0.25, -0.2) is 0 Å². The van der Waals surface area contributed by atoms with Crippen molar-refractivity contribution in [2.24, 2.45) is 5.73 Å². The van der Waals surface area contributed by atoms with E-state index in [0.717, 1.165) is 16.5 Å². The summed E-state index contributed by atoms with van der Waals surface area (Å²) in [4.78, 5) is 12.6.